The second-order valence-corrected chi connectivity index (χ2v) is 5.06. The van der Waals surface area contributed by atoms with Gasteiger partial charge in [0.05, 0.1) is 18.5 Å². The number of methoxy groups -OCH3 is 1. The maximum absolute atomic E-state index is 11.8. The van der Waals surface area contributed by atoms with Gasteiger partial charge in [0.15, 0.2) is 0 Å². The van der Waals surface area contributed by atoms with E-state index < -0.39 is 0 Å². The van der Waals surface area contributed by atoms with E-state index in [0.29, 0.717) is 18.8 Å². The van der Waals surface area contributed by atoms with E-state index in [1.165, 1.54) is 0 Å². The van der Waals surface area contributed by atoms with Crippen LogP contribution in [0.25, 0.3) is 0 Å². The molecule has 1 amide bonds. The van der Waals surface area contributed by atoms with Crippen LogP contribution >= 0.6 is 0 Å². The molecule has 2 N–H and O–H groups in total. The van der Waals surface area contributed by atoms with Gasteiger partial charge in [-0.3, -0.25) is 4.79 Å². The SMILES string of the molecule is COCCNc1ccc(C(=O)NC(C)(C)C)nc1. The highest BCUT2D eigenvalue weighted by molar-refractivity contribution is 5.92. The number of nitrogens with one attached hydrogen (secondary N) is 2. The lowest BCUT2D eigenvalue weighted by Crippen LogP contribution is -2.40. The number of carbonyl (C=O) groups excluding carboxylic acids is 1. The molecule has 1 rings (SSSR count). The molecule has 0 aliphatic carbocycles. The van der Waals surface area contributed by atoms with Crippen molar-refractivity contribution in [2.45, 2.75) is 26.3 Å². The van der Waals surface area contributed by atoms with Crippen molar-refractivity contribution in [2.75, 3.05) is 25.6 Å². The molecule has 1 aromatic heterocycles. The first-order valence-electron chi connectivity index (χ1n) is 5.94. The molecule has 0 radical (unpaired) electrons. The van der Waals surface area contributed by atoms with E-state index in [-0.39, 0.29) is 11.4 Å². The van der Waals surface area contributed by atoms with Gasteiger partial charge in [0.1, 0.15) is 5.69 Å². The molecular weight excluding hydrogens is 230 g/mol. The number of hydrogen-bond acceptors (Lipinski definition) is 4. The summed E-state index contributed by atoms with van der Waals surface area (Å²) in [5.41, 5.74) is 1.04. The molecule has 0 unspecified atom stereocenters. The molecule has 0 aliphatic heterocycles. The van der Waals surface area contributed by atoms with Gasteiger partial charge in [-0.15, -0.1) is 0 Å². The molecule has 18 heavy (non-hydrogen) atoms. The van der Waals surface area contributed by atoms with Crippen molar-refractivity contribution in [3.63, 3.8) is 0 Å². The van der Waals surface area contributed by atoms with Crippen LogP contribution < -0.4 is 10.6 Å². The van der Waals surface area contributed by atoms with Crippen LogP contribution in [-0.4, -0.2) is 36.7 Å². The lowest BCUT2D eigenvalue weighted by Gasteiger charge is -2.20. The van der Waals surface area contributed by atoms with Gasteiger partial charge in [-0.1, -0.05) is 0 Å². The fraction of sp³-hybridized carbons (Fsp3) is 0.538. The third-order valence-corrected chi connectivity index (χ3v) is 2.12. The van der Waals surface area contributed by atoms with E-state index in [4.69, 9.17) is 4.74 Å². The summed E-state index contributed by atoms with van der Waals surface area (Å²) in [6.45, 7) is 7.15. The third kappa shape index (κ3) is 5.14. The normalized spacial score (nSPS) is 11.1. The van der Waals surface area contributed by atoms with E-state index in [1.807, 2.05) is 26.8 Å². The van der Waals surface area contributed by atoms with Crippen LogP contribution in [0.2, 0.25) is 0 Å². The van der Waals surface area contributed by atoms with E-state index in [0.717, 1.165) is 5.69 Å². The number of pyridine rings is 1. The van der Waals surface area contributed by atoms with Gasteiger partial charge in [-0.05, 0) is 32.9 Å². The molecule has 0 bridgehead atoms. The van der Waals surface area contributed by atoms with Crippen molar-refractivity contribution in [1.82, 2.24) is 10.3 Å². The Morgan fingerprint density at radius 3 is 2.61 bits per heavy atom. The maximum Gasteiger partial charge on any atom is 0.270 e. The fourth-order valence-corrected chi connectivity index (χ4v) is 1.33. The zero-order chi connectivity index (χ0) is 13.6. The summed E-state index contributed by atoms with van der Waals surface area (Å²) >= 11 is 0. The van der Waals surface area contributed by atoms with Crippen LogP contribution in [0.3, 0.4) is 0 Å². The number of rotatable bonds is 5. The molecule has 0 saturated carbocycles. The summed E-state index contributed by atoms with van der Waals surface area (Å²) in [5.74, 6) is -0.161. The third-order valence-electron chi connectivity index (χ3n) is 2.12. The van der Waals surface area contributed by atoms with E-state index in [9.17, 15) is 4.79 Å². The predicted molar refractivity (Wildman–Crippen MR) is 71.8 cm³/mol. The molecule has 0 aromatic carbocycles. The first kappa shape index (κ1) is 14.4. The summed E-state index contributed by atoms with van der Waals surface area (Å²) in [6.07, 6.45) is 1.65. The number of carbonyl (C=O) groups is 1. The van der Waals surface area contributed by atoms with Crippen LogP contribution in [0.4, 0.5) is 5.69 Å². The Bertz CT molecular complexity index is 382. The van der Waals surface area contributed by atoms with Crippen LogP contribution in [0.15, 0.2) is 18.3 Å². The van der Waals surface area contributed by atoms with E-state index in [1.54, 1.807) is 19.4 Å². The zero-order valence-corrected chi connectivity index (χ0v) is 11.4. The second kappa shape index (κ2) is 6.35. The summed E-state index contributed by atoms with van der Waals surface area (Å²) in [5, 5.41) is 6.01. The topological polar surface area (TPSA) is 63.2 Å². The van der Waals surface area contributed by atoms with Crippen LogP contribution in [0.5, 0.6) is 0 Å². The Balaban J connectivity index is 2.57. The van der Waals surface area contributed by atoms with Crippen molar-refractivity contribution in [2.24, 2.45) is 0 Å². The van der Waals surface area contributed by atoms with Crippen molar-refractivity contribution in [1.29, 1.82) is 0 Å². The molecule has 0 fully saturated rings. The average molecular weight is 251 g/mol. The molecule has 1 heterocycles. The van der Waals surface area contributed by atoms with Gasteiger partial charge in [-0.2, -0.15) is 0 Å². The van der Waals surface area contributed by atoms with Crippen LogP contribution in [-0.2, 0) is 4.74 Å². The Morgan fingerprint density at radius 1 is 1.39 bits per heavy atom. The standard InChI is InChI=1S/C13H21N3O2/c1-13(2,3)16-12(17)11-6-5-10(9-15-11)14-7-8-18-4/h5-6,9,14H,7-8H2,1-4H3,(H,16,17). The molecule has 100 valence electrons. The molecule has 5 nitrogen and oxygen atoms in total. The summed E-state index contributed by atoms with van der Waals surface area (Å²) < 4.78 is 4.93. The lowest BCUT2D eigenvalue weighted by molar-refractivity contribution is 0.0914. The Kier molecular flexibility index (Phi) is 5.09. The molecule has 0 aliphatic rings. The maximum atomic E-state index is 11.8. The lowest BCUT2D eigenvalue weighted by atomic mass is 10.1. The van der Waals surface area contributed by atoms with Gasteiger partial charge >= 0.3 is 0 Å². The molecular formula is C13H21N3O2. The van der Waals surface area contributed by atoms with Gasteiger partial charge in [0, 0.05) is 19.2 Å². The number of ether oxygens (including phenoxy) is 1. The van der Waals surface area contributed by atoms with Gasteiger partial charge < -0.3 is 15.4 Å². The van der Waals surface area contributed by atoms with Crippen molar-refractivity contribution >= 4 is 11.6 Å². The first-order chi connectivity index (χ1) is 8.42. The van der Waals surface area contributed by atoms with Gasteiger partial charge in [0.25, 0.3) is 5.91 Å². The quantitative estimate of drug-likeness (QED) is 0.781. The smallest absolute Gasteiger partial charge is 0.270 e. The second-order valence-electron chi connectivity index (χ2n) is 5.06. The minimum atomic E-state index is -0.256. The Labute approximate surface area is 108 Å². The summed E-state index contributed by atoms with van der Waals surface area (Å²) in [7, 11) is 1.65. The first-order valence-corrected chi connectivity index (χ1v) is 5.94. The van der Waals surface area contributed by atoms with E-state index in [2.05, 4.69) is 15.6 Å². The number of nitrogens with zero attached hydrogens (tertiary/aromatic N) is 1. The highest BCUT2D eigenvalue weighted by Gasteiger charge is 2.15. The van der Waals surface area contributed by atoms with Gasteiger partial charge in [-0.25, -0.2) is 4.98 Å². The van der Waals surface area contributed by atoms with Gasteiger partial charge in [0.2, 0.25) is 0 Å². The number of anilines is 1. The molecule has 5 heteroatoms. The minimum Gasteiger partial charge on any atom is -0.383 e. The highest BCUT2D eigenvalue weighted by atomic mass is 16.5. The Morgan fingerprint density at radius 2 is 2.11 bits per heavy atom. The predicted octanol–water partition coefficient (Wildman–Crippen LogP) is 1.67. The summed E-state index contributed by atoms with van der Waals surface area (Å²) in [4.78, 5) is 15.9. The number of amides is 1. The summed E-state index contributed by atoms with van der Waals surface area (Å²) in [6, 6.07) is 3.54. The van der Waals surface area contributed by atoms with Crippen LogP contribution in [0, 0.1) is 0 Å². The van der Waals surface area contributed by atoms with Crippen molar-refractivity contribution in [3.8, 4) is 0 Å². The number of hydrogen-bond donors (Lipinski definition) is 2. The van der Waals surface area contributed by atoms with Crippen LogP contribution in [0.1, 0.15) is 31.3 Å². The number of aromatic nitrogens is 1. The van der Waals surface area contributed by atoms with Crippen molar-refractivity contribution in [3.05, 3.63) is 24.0 Å². The van der Waals surface area contributed by atoms with E-state index >= 15 is 0 Å². The fourth-order valence-electron chi connectivity index (χ4n) is 1.33. The zero-order valence-electron chi connectivity index (χ0n) is 11.4. The van der Waals surface area contributed by atoms with Crippen molar-refractivity contribution < 1.29 is 9.53 Å². The highest BCUT2D eigenvalue weighted by Crippen LogP contribution is 2.07. The molecule has 0 spiro atoms. The minimum absolute atomic E-state index is 0.161. The average Bonchev–Trinajstić information content (AvgIpc) is 2.28. The molecule has 1 aromatic rings. The Hall–Kier alpha value is -1.62. The molecule has 0 saturated heterocycles. The largest absolute Gasteiger partial charge is 0.383 e. The monoisotopic (exact) mass is 251 g/mol. The molecule has 0 atom stereocenters.